The molecule has 0 saturated carbocycles. The zero-order valence-electron chi connectivity index (χ0n) is 28.2. The molecule has 1 heterocycles. The quantitative estimate of drug-likeness (QED) is 0.241. The first kappa shape index (κ1) is 35.6. The number of likely N-dealkylation sites (tertiary alicyclic amines) is 1. The van der Waals surface area contributed by atoms with Gasteiger partial charge in [-0.05, 0) is 79.9 Å². The van der Waals surface area contributed by atoms with Crippen molar-refractivity contribution in [1.29, 1.82) is 0 Å². The molecule has 45 heavy (non-hydrogen) atoms. The summed E-state index contributed by atoms with van der Waals surface area (Å²) in [6.45, 7) is 15.9. The van der Waals surface area contributed by atoms with E-state index >= 15 is 0 Å². The van der Waals surface area contributed by atoms with Gasteiger partial charge < -0.3 is 19.1 Å². The lowest BCUT2D eigenvalue weighted by molar-refractivity contribution is -0.159. The van der Waals surface area contributed by atoms with Crippen LogP contribution >= 0.6 is 0 Å². The highest BCUT2D eigenvalue weighted by Gasteiger charge is 2.46. The third kappa shape index (κ3) is 11.5. The van der Waals surface area contributed by atoms with Gasteiger partial charge in [0.1, 0.15) is 23.3 Å². The van der Waals surface area contributed by atoms with Gasteiger partial charge in [-0.3, -0.25) is 14.5 Å². The minimum atomic E-state index is -0.893. The molecule has 0 spiro atoms. The number of esters is 1. The van der Waals surface area contributed by atoms with Gasteiger partial charge >= 0.3 is 18.2 Å². The van der Waals surface area contributed by atoms with E-state index in [0.29, 0.717) is 13.1 Å². The van der Waals surface area contributed by atoms with E-state index in [4.69, 9.17) is 14.2 Å². The fourth-order valence-electron chi connectivity index (χ4n) is 5.04. The highest BCUT2D eigenvalue weighted by molar-refractivity contribution is 5.90. The number of hydrogen-bond acceptors (Lipinski definition) is 8. The van der Waals surface area contributed by atoms with Crippen LogP contribution in [0.3, 0.4) is 0 Å². The maximum atomic E-state index is 14.2. The second kappa shape index (κ2) is 14.5. The summed E-state index contributed by atoms with van der Waals surface area (Å²) in [4.78, 5) is 58.4. The van der Waals surface area contributed by atoms with Crippen molar-refractivity contribution >= 4 is 24.1 Å². The first-order valence-electron chi connectivity index (χ1n) is 15.4. The molecule has 246 valence electrons. The monoisotopic (exact) mass is 623 g/mol. The van der Waals surface area contributed by atoms with Crippen molar-refractivity contribution in [2.45, 2.75) is 111 Å². The summed E-state index contributed by atoms with van der Waals surface area (Å²) in [5.41, 5.74) is -0.492. The standard InChI is InChI=1S/C35H49N3O7/c1-33(2,3)43-29(39)24-37-27(23-38(31(41)44-34(4,5)6)32(42)45-35(7,8)9)20-28(30(37)40)36(21-25-16-12-10-13-17-25)22-26-18-14-11-15-19-26/h10-19,27-28H,20-24H2,1-9H3/t27-,28+/m0/s1. The van der Waals surface area contributed by atoms with E-state index in [1.807, 2.05) is 60.7 Å². The van der Waals surface area contributed by atoms with Gasteiger partial charge in [0.25, 0.3) is 0 Å². The fraction of sp³-hybridized carbons (Fsp3) is 0.543. The minimum absolute atomic E-state index is 0.223. The zero-order chi connectivity index (χ0) is 33.6. The first-order chi connectivity index (χ1) is 20.8. The first-order valence-corrected chi connectivity index (χ1v) is 15.4. The lowest BCUT2D eigenvalue weighted by Gasteiger charge is -2.32. The number of carbonyl (C=O) groups is 4. The van der Waals surface area contributed by atoms with Gasteiger partial charge in [-0.1, -0.05) is 60.7 Å². The van der Waals surface area contributed by atoms with Crippen molar-refractivity contribution in [3.8, 4) is 0 Å². The van der Waals surface area contributed by atoms with Crippen molar-refractivity contribution < 1.29 is 33.4 Å². The van der Waals surface area contributed by atoms with Gasteiger partial charge in [0.15, 0.2) is 0 Å². The van der Waals surface area contributed by atoms with E-state index in [9.17, 15) is 19.2 Å². The third-order valence-corrected chi connectivity index (χ3v) is 6.74. The van der Waals surface area contributed by atoms with Crippen LogP contribution in [0.25, 0.3) is 0 Å². The molecule has 2 aromatic rings. The number of amides is 3. The molecular formula is C35H49N3O7. The maximum Gasteiger partial charge on any atom is 0.419 e. The van der Waals surface area contributed by atoms with Crippen LogP contribution in [-0.2, 0) is 36.9 Å². The molecule has 0 bridgehead atoms. The Kier molecular flexibility index (Phi) is 11.4. The molecule has 1 aliphatic rings. The Bertz CT molecular complexity index is 1240. The van der Waals surface area contributed by atoms with Gasteiger partial charge in [0, 0.05) is 13.1 Å². The molecule has 1 aliphatic heterocycles. The topological polar surface area (TPSA) is 106 Å². The summed E-state index contributed by atoms with van der Waals surface area (Å²) < 4.78 is 16.7. The van der Waals surface area contributed by atoms with Crippen LogP contribution in [0.5, 0.6) is 0 Å². The number of imide groups is 1. The van der Waals surface area contributed by atoms with E-state index in [2.05, 4.69) is 4.90 Å². The number of rotatable bonds is 9. The zero-order valence-corrected chi connectivity index (χ0v) is 28.2. The number of carbonyl (C=O) groups excluding carboxylic acids is 4. The van der Waals surface area contributed by atoms with Crippen molar-refractivity contribution in [2.24, 2.45) is 0 Å². The summed E-state index contributed by atoms with van der Waals surface area (Å²) >= 11 is 0. The summed E-state index contributed by atoms with van der Waals surface area (Å²) in [5, 5.41) is 0. The van der Waals surface area contributed by atoms with Crippen molar-refractivity contribution in [3.63, 3.8) is 0 Å². The molecule has 10 heteroatoms. The van der Waals surface area contributed by atoms with Gasteiger partial charge in [-0.2, -0.15) is 0 Å². The normalized spacial score (nSPS) is 17.3. The molecule has 0 N–H and O–H groups in total. The van der Waals surface area contributed by atoms with Crippen LogP contribution in [0.4, 0.5) is 9.59 Å². The summed E-state index contributed by atoms with van der Waals surface area (Å²) in [6.07, 6.45) is -1.53. The predicted octanol–water partition coefficient (Wildman–Crippen LogP) is 6.17. The van der Waals surface area contributed by atoms with E-state index in [0.717, 1.165) is 16.0 Å². The lowest BCUT2D eigenvalue weighted by atomic mass is 10.1. The van der Waals surface area contributed by atoms with Crippen LogP contribution in [0.15, 0.2) is 60.7 Å². The third-order valence-electron chi connectivity index (χ3n) is 6.74. The Labute approximate surface area is 267 Å². The van der Waals surface area contributed by atoms with Crippen LogP contribution in [-0.4, -0.2) is 80.7 Å². The van der Waals surface area contributed by atoms with E-state index in [-0.39, 0.29) is 25.4 Å². The Morgan fingerprint density at radius 2 is 1.13 bits per heavy atom. The largest absolute Gasteiger partial charge is 0.459 e. The highest BCUT2D eigenvalue weighted by Crippen LogP contribution is 2.29. The number of ether oxygens (including phenoxy) is 3. The van der Waals surface area contributed by atoms with Crippen LogP contribution in [0.2, 0.25) is 0 Å². The molecule has 0 radical (unpaired) electrons. The highest BCUT2D eigenvalue weighted by atomic mass is 16.6. The average Bonchev–Trinajstić information content (AvgIpc) is 3.19. The Morgan fingerprint density at radius 1 is 0.711 bits per heavy atom. The van der Waals surface area contributed by atoms with Gasteiger partial charge in [0.05, 0.1) is 18.6 Å². The average molecular weight is 624 g/mol. The smallest absolute Gasteiger partial charge is 0.419 e. The Hall–Kier alpha value is -3.92. The van der Waals surface area contributed by atoms with Crippen molar-refractivity contribution in [2.75, 3.05) is 13.1 Å². The molecule has 2 atom stereocenters. The van der Waals surface area contributed by atoms with Gasteiger partial charge in [-0.25, -0.2) is 14.5 Å². The fourth-order valence-corrected chi connectivity index (χ4v) is 5.04. The lowest BCUT2D eigenvalue weighted by Crippen LogP contribution is -2.51. The SMILES string of the molecule is CC(C)(C)OC(=O)CN1C(=O)[C@H](N(Cc2ccccc2)Cc2ccccc2)C[C@H]1CN(C(=O)OC(C)(C)C)C(=O)OC(C)(C)C. The molecule has 0 aliphatic carbocycles. The van der Waals surface area contributed by atoms with E-state index in [1.54, 1.807) is 62.3 Å². The molecule has 3 rings (SSSR count). The molecule has 1 fully saturated rings. The molecule has 0 aromatic heterocycles. The second-order valence-electron chi connectivity index (χ2n) is 14.4. The van der Waals surface area contributed by atoms with Crippen molar-refractivity contribution in [3.05, 3.63) is 71.8 Å². The molecular weight excluding hydrogens is 574 g/mol. The molecule has 1 saturated heterocycles. The molecule has 2 aromatic carbocycles. The summed E-state index contributed by atoms with van der Waals surface area (Å²) in [7, 11) is 0. The number of nitrogens with zero attached hydrogens (tertiary/aromatic N) is 3. The predicted molar refractivity (Wildman–Crippen MR) is 171 cm³/mol. The number of hydrogen-bond donors (Lipinski definition) is 0. The van der Waals surface area contributed by atoms with Crippen LogP contribution in [0, 0.1) is 0 Å². The molecule has 10 nitrogen and oxygen atoms in total. The summed E-state index contributed by atoms with van der Waals surface area (Å²) in [6, 6.07) is 18.3. The minimum Gasteiger partial charge on any atom is -0.459 e. The van der Waals surface area contributed by atoms with Crippen molar-refractivity contribution in [1.82, 2.24) is 14.7 Å². The van der Waals surface area contributed by atoms with Gasteiger partial charge in [0.2, 0.25) is 5.91 Å². The van der Waals surface area contributed by atoms with E-state index in [1.165, 1.54) is 4.90 Å². The Morgan fingerprint density at radius 3 is 1.53 bits per heavy atom. The Balaban J connectivity index is 2.00. The van der Waals surface area contributed by atoms with E-state index < -0.39 is 47.0 Å². The maximum absolute atomic E-state index is 14.2. The van der Waals surface area contributed by atoms with Crippen LogP contribution < -0.4 is 0 Å². The number of benzene rings is 2. The van der Waals surface area contributed by atoms with Gasteiger partial charge in [-0.15, -0.1) is 0 Å². The summed E-state index contributed by atoms with van der Waals surface area (Å²) in [5.74, 6) is -0.869. The second-order valence-corrected chi connectivity index (χ2v) is 14.4. The molecule has 3 amide bonds. The molecule has 0 unspecified atom stereocenters. The van der Waals surface area contributed by atoms with Crippen LogP contribution in [0.1, 0.15) is 79.9 Å².